The van der Waals surface area contributed by atoms with Gasteiger partial charge in [0, 0.05) is 50.5 Å². The molecule has 1 aromatic carbocycles. The van der Waals surface area contributed by atoms with Crippen molar-refractivity contribution in [3.8, 4) is 0 Å². The van der Waals surface area contributed by atoms with Gasteiger partial charge in [0.15, 0.2) is 5.96 Å². The molecule has 0 aliphatic carbocycles. The molecule has 0 unspecified atom stereocenters. The molecule has 3 N–H and O–H groups in total. The van der Waals surface area contributed by atoms with Crippen molar-refractivity contribution in [3.63, 3.8) is 0 Å². The molecule has 0 atom stereocenters. The van der Waals surface area contributed by atoms with Crippen LogP contribution in [0.4, 0.5) is 5.82 Å². The highest BCUT2D eigenvalue weighted by atomic mass is 15.2. The fourth-order valence-electron chi connectivity index (χ4n) is 3.14. The number of rotatable bonds is 7. The lowest BCUT2D eigenvalue weighted by molar-refractivity contribution is 0.801. The number of hydrogen-bond acceptors (Lipinski definition) is 3. The number of nitrogens with one attached hydrogen (secondary N) is 3. The Bertz CT molecular complexity index is 941. The number of aryl methyl sites for hydroxylation is 1. The van der Waals surface area contributed by atoms with Crippen molar-refractivity contribution >= 4 is 22.7 Å². The molecule has 148 valence electrons. The fourth-order valence-corrected chi connectivity index (χ4v) is 3.14. The highest BCUT2D eigenvalue weighted by Crippen LogP contribution is 2.19. The Balaban J connectivity index is 1.61. The number of anilines is 1. The van der Waals surface area contributed by atoms with E-state index in [2.05, 4.69) is 64.9 Å². The van der Waals surface area contributed by atoms with E-state index in [9.17, 15) is 0 Å². The molecule has 2 heterocycles. The van der Waals surface area contributed by atoms with Gasteiger partial charge in [0.25, 0.3) is 0 Å². The molecular weight excluding hydrogens is 348 g/mol. The van der Waals surface area contributed by atoms with Gasteiger partial charge in [-0.1, -0.05) is 12.1 Å². The summed E-state index contributed by atoms with van der Waals surface area (Å²) in [5, 5.41) is 8.06. The van der Waals surface area contributed by atoms with Crippen LogP contribution in [0.25, 0.3) is 10.9 Å². The minimum atomic E-state index is 0.616. The van der Waals surface area contributed by atoms with Crippen molar-refractivity contribution in [2.45, 2.75) is 26.8 Å². The number of guanidine groups is 1. The fraction of sp³-hybridized carbons (Fsp3) is 0.364. The first-order valence-electron chi connectivity index (χ1n) is 9.78. The number of aromatic nitrogens is 2. The Hall–Kier alpha value is -3.02. The molecule has 0 aliphatic rings. The van der Waals surface area contributed by atoms with Crippen LogP contribution >= 0.6 is 0 Å². The van der Waals surface area contributed by atoms with Gasteiger partial charge in [0.05, 0.1) is 6.54 Å². The summed E-state index contributed by atoms with van der Waals surface area (Å²) >= 11 is 0. The maximum Gasteiger partial charge on any atom is 0.191 e. The number of aromatic amines is 1. The minimum absolute atomic E-state index is 0.616. The summed E-state index contributed by atoms with van der Waals surface area (Å²) in [6.45, 7) is 6.47. The van der Waals surface area contributed by atoms with Crippen LogP contribution in [0, 0.1) is 6.92 Å². The second kappa shape index (κ2) is 9.26. The first-order valence-corrected chi connectivity index (χ1v) is 9.78. The zero-order valence-electron chi connectivity index (χ0n) is 17.2. The molecule has 0 aliphatic heterocycles. The van der Waals surface area contributed by atoms with Crippen LogP contribution in [0.1, 0.15) is 23.6 Å². The van der Waals surface area contributed by atoms with E-state index in [0.29, 0.717) is 6.54 Å². The highest BCUT2D eigenvalue weighted by molar-refractivity contribution is 5.84. The third-order valence-corrected chi connectivity index (χ3v) is 4.64. The number of benzene rings is 1. The topological polar surface area (TPSA) is 68.3 Å². The molecule has 3 rings (SSSR count). The Morgan fingerprint density at radius 3 is 2.82 bits per heavy atom. The number of fused-ring (bicyclic) bond motifs is 1. The number of pyridine rings is 1. The van der Waals surface area contributed by atoms with Crippen molar-refractivity contribution in [2.75, 3.05) is 32.1 Å². The van der Waals surface area contributed by atoms with Crippen molar-refractivity contribution in [1.82, 2.24) is 20.6 Å². The van der Waals surface area contributed by atoms with E-state index in [0.717, 1.165) is 36.9 Å². The lowest BCUT2D eigenvalue weighted by atomic mass is 10.1. The second-order valence-electron chi connectivity index (χ2n) is 7.15. The zero-order chi connectivity index (χ0) is 19.9. The SMILES string of the molecule is CCNC(=NCc1ccnc(N(C)C)c1)NCCc1c[nH]c2cc(C)ccc12. The smallest absolute Gasteiger partial charge is 0.191 e. The summed E-state index contributed by atoms with van der Waals surface area (Å²) < 4.78 is 0. The molecule has 2 aromatic heterocycles. The summed E-state index contributed by atoms with van der Waals surface area (Å²) in [4.78, 5) is 14.4. The highest BCUT2D eigenvalue weighted by Gasteiger charge is 2.05. The van der Waals surface area contributed by atoms with Gasteiger partial charge in [-0.05, 0) is 55.2 Å². The monoisotopic (exact) mass is 378 g/mol. The quantitative estimate of drug-likeness (QED) is 0.436. The molecule has 6 heteroatoms. The van der Waals surface area contributed by atoms with Gasteiger partial charge < -0.3 is 20.5 Å². The molecular formula is C22H30N6. The van der Waals surface area contributed by atoms with Gasteiger partial charge in [-0.2, -0.15) is 0 Å². The predicted molar refractivity (Wildman–Crippen MR) is 118 cm³/mol. The zero-order valence-corrected chi connectivity index (χ0v) is 17.2. The molecule has 0 radical (unpaired) electrons. The summed E-state index contributed by atoms with van der Waals surface area (Å²) in [5.74, 6) is 1.78. The van der Waals surface area contributed by atoms with E-state index in [1.807, 2.05) is 31.3 Å². The first-order chi connectivity index (χ1) is 13.6. The molecule has 0 saturated carbocycles. The van der Waals surface area contributed by atoms with Crippen molar-refractivity contribution < 1.29 is 0 Å². The average Bonchev–Trinajstić information content (AvgIpc) is 3.08. The van der Waals surface area contributed by atoms with Crippen LogP contribution in [-0.4, -0.2) is 43.1 Å². The molecule has 0 fully saturated rings. The lowest BCUT2D eigenvalue weighted by Crippen LogP contribution is -2.38. The summed E-state index contributed by atoms with van der Waals surface area (Å²) in [6, 6.07) is 10.6. The summed E-state index contributed by atoms with van der Waals surface area (Å²) in [7, 11) is 3.99. The Morgan fingerprint density at radius 2 is 2.04 bits per heavy atom. The van der Waals surface area contributed by atoms with Crippen LogP contribution < -0.4 is 15.5 Å². The molecule has 0 saturated heterocycles. The summed E-state index contributed by atoms with van der Waals surface area (Å²) in [5.41, 5.74) is 4.94. The maximum absolute atomic E-state index is 4.72. The number of aliphatic imine (C=N–C) groups is 1. The van der Waals surface area contributed by atoms with Crippen LogP contribution in [0.15, 0.2) is 47.7 Å². The van der Waals surface area contributed by atoms with Gasteiger partial charge in [0.2, 0.25) is 0 Å². The van der Waals surface area contributed by atoms with Gasteiger partial charge in [0.1, 0.15) is 5.82 Å². The standard InChI is InChI=1S/C22H30N6/c1-5-23-22(27-14-17-8-10-24-21(13-17)28(3)4)25-11-9-18-15-26-20-12-16(2)6-7-19(18)20/h6-8,10,12-13,15,26H,5,9,11,14H2,1-4H3,(H2,23,25,27). The normalized spacial score (nSPS) is 11.6. The van der Waals surface area contributed by atoms with E-state index in [1.54, 1.807) is 0 Å². The van der Waals surface area contributed by atoms with Gasteiger partial charge in [-0.15, -0.1) is 0 Å². The molecule has 6 nitrogen and oxygen atoms in total. The van der Waals surface area contributed by atoms with E-state index in [1.165, 1.54) is 22.0 Å². The molecule has 0 bridgehead atoms. The van der Waals surface area contributed by atoms with Crippen molar-refractivity contribution in [2.24, 2.45) is 4.99 Å². The average molecular weight is 379 g/mol. The van der Waals surface area contributed by atoms with Gasteiger partial charge in [-0.3, -0.25) is 0 Å². The largest absolute Gasteiger partial charge is 0.363 e. The first kappa shape index (κ1) is 19.7. The van der Waals surface area contributed by atoms with Crippen molar-refractivity contribution in [3.05, 3.63) is 59.4 Å². The molecule has 3 aromatic rings. The molecule has 0 spiro atoms. The van der Waals surface area contributed by atoms with E-state index in [4.69, 9.17) is 4.99 Å². The third kappa shape index (κ3) is 5.03. The summed E-state index contributed by atoms with van der Waals surface area (Å²) in [6.07, 6.45) is 4.88. The van der Waals surface area contributed by atoms with Crippen LogP contribution in [0.2, 0.25) is 0 Å². The maximum atomic E-state index is 4.72. The van der Waals surface area contributed by atoms with E-state index < -0.39 is 0 Å². The number of H-pyrrole nitrogens is 1. The minimum Gasteiger partial charge on any atom is -0.363 e. The number of nitrogens with zero attached hydrogens (tertiary/aromatic N) is 3. The Kier molecular flexibility index (Phi) is 6.53. The van der Waals surface area contributed by atoms with Gasteiger partial charge in [-0.25, -0.2) is 9.98 Å². The second-order valence-corrected chi connectivity index (χ2v) is 7.15. The van der Waals surface area contributed by atoms with Crippen LogP contribution in [0.5, 0.6) is 0 Å². The lowest BCUT2D eigenvalue weighted by Gasteiger charge is -2.13. The Morgan fingerprint density at radius 1 is 1.18 bits per heavy atom. The number of hydrogen-bond donors (Lipinski definition) is 3. The third-order valence-electron chi connectivity index (χ3n) is 4.64. The predicted octanol–water partition coefficient (Wildman–Crippen LogP) is 3.24. The van der Waals surface area contributed by atoms with Crippen molar-refractivity contribution in [1.29, 1.82) is 0 Å². The molecule has 28 heavy (non-hydrogen) atoms. The van der Waals surface area contributed by atoms with Gasteiger partial charge >= 0.3 is 0 Å². The Labute approximate surface area is 167 Å². The van der Waals surface area contributed by atoms with E-state index in [-0.39, 0.29) is 0 Å². The van der Waals surface area contributed by atoms with Crippen LogP contribution in [0.3, 0.4) is 0 Å². The van der Waals surface area contributed by atoms with E-state index >= 15 is 0 Å². The molecule has 0 amide bonds. The van der Waals surface area contributed by atoms with Crippen LogP contribution in [-0.2, 0) is 13.0 Å².